The molecule has 0 aliphatic rings. The van der Waals surface area contributed by atoms with Gasteiger partial charge in [-0.05, 0) is 46.2 Å². The van der Waals surface area contributed by atoms with Crippen LogP contribution in [0.3, 0.4) is 0 Å². The van der Waals surface area contributed by atoms with Crippen molar-refractivity contribution in [2.75, 3.05) is 38.6 Å². The van der Waals surface area contributed by atoms with Gasteiger partial charge in [-0.2, -0.15) is 0 Å². The summed E-state index contributed by atoms with van der Waals surface area (Å²) in [6.45, 7) is 14.7. The van der Waals surface area contributed by atoms with Crippen LogP contribution in [0.15, 0.2) is 0 Å². The maximum atomic E-state index is 12.0. The van der Waals surface area contributed by atoms with Gasteiger partial charge in [-0.15, -0.1) is 0 Å². The van der Waals surface area contributed by atoms with Crippen molar-refractivity contribution >= 4 is 26.4 Å². The van der Waals surface area contributed by atoms with Crippen LogP contribution in [-0.2, 0) is 18.1 Å². The molecule has 5 nitrogen and oxygen atoms in total. The molecule has 0 heterocycles. The van der Waals surface area contributed by atoms with E-state index in [9.17, 15) is 4.79 Å². The van der Waals surface area contributed by atoms with Gasteiger partial charge in [0.2, 0.25) is 0 Å². The number of rotatable bonds is 20. The lowest BCUT2D eigenvalue weighted by molar-refractivity contribution is -0.111. The average Bonchev–Trinajstić information content (AvgIpc) is 2.69. The second kappa shape index (κ2) is 20.4. The molecule has 0 amide bonds. The number of likely N-dealkylation sites (N-methyl/N-ethyl adjacent to an activating group) is 1. The molecule has 0 spiro atoms. The summed E-state index contributed by atoms with van der Waals surface area (Å²) in [5.41, 5.74) is 0. The fraction of sp³-hybridized carbons (Fsp3) is 0.952. The van der Waals surface area contributed by atoms with Crippen molar-refractivity contribution in [1.82, 2.24) is 4.90 Å². The van der Waals surface area contributed by atoms with Crippen molar-refractivity contribution in [2.24, 2.45) is 0 Å². The largest absolute Gasteiger partial charge is 0.484 e. The fourth-order valence-corrected chi connectivity index (χ4v) is 5.13. The van der Waals surface area contributed by atoms with Crippen LogP contribution in [-0.4, -0.2) is 64.2 Å². The molecule has 0 radical (unpaired) electrons. The van der Waals surface area contributed by atoms with Gasteiger partial charge < -0.3 is 18.2 Å². The second-order valence-corrected chi connectivity index (χ2v) is 9.64. The molecule has 0 bridgehead atoms. The Kier molecular flexibility index (Phi) is 20.4. The molecule has 0 aliphatic carbocycles. The predicted octanol–water partition coefficient (Wildman–Crippen LogP) is 4.90. The third-order valence-electron chi connectivity index (χ3n) is 4.68. The van der Waals surface area contributed by atoms with Crippen LogP contribution in [0.2, 0.25) is 0 Å². The zero-order valence-electron chi connectivity index (χ0n) is 19.0. The van der Waals surface area contributed by atoms with Crippen molar-refractivity contribution in [1.29, 1.82) is 0 Å². The summed E-state index contributed by atoms with van der Waals surface area (Å²) in [6.07, 6.45) is 8.75. The van der Waals surface area contributed by atoms with E-state index in [4.69, 9.17) is 13.3 Å². The summed E-state index contributed by atoms with van der Waals surface area (Å²) < 4.78 is 17.6. The molecule has 1 atom stereocenters. The number of carbonyl (C=O) groups excluding carboxylic acids is 1. The van der Waals surface area contributed by atoms with E-state index in [1.165, 1.54) is 37.4 Å². The van der Waals surface area contributed by atoms with Crippen molar-refractivity contribution in [3.8, 4) is 0 Å². The topological polar surface area (TPSA) is 48.0 Å². The molecule has 0 aliphatic heterocycles. The molecular weight excluding hydrogens is 390 g/mol. The van der Waals surface area contributed by atoms with Gasteiger partial charge in [0, 0.05) is 31.9 Å². The van der Waals surface area contributed by atoms with Gasteiger partial charge in [-0.3, -0.25) is 4.79 Å². The van der Waals surface area contributed by atoms with Crippen LogP contribution in [0.1, 0.15) is 86.0 Å². The molecular formula is C21H45NO4SSi. The Morgan fingerprint density at radius 2 is 1.57 bits per heavy atom. The van der Waals surface area contributed by atoms with Crippen molar-refractivity contribution in [3.63, 3.8) is 0 Å². The van der Waals surface area contributed by atoms with Crippen LogP contribution < -0.4 is 0 Å². The molecule has 1 unspecified atom stereocenters. The zero-order chi connectivity index (χ0) is 21.0. The standard InChI is InChI=1S/C21H45NO4SSi/c1-6-11-12-13-14-17-21(23)27-18-15-16-20(19-22(7-2)8-3)26-28(24-9-4)25-10-5/h20,28H,6-19H2,1-5H3. The molecule has 0 aromatic rings. The van der Waals surface area contributed by atoms with Gasteiger partial charge in [0.25, 0.3) is 0 Å². The van der Waals surface area contributed by atoms with Gasteiger partial charge in [0.15, 0.2) is 5.12 Å². The van der Waals surface area contributed by atoms with Gasteiger partial charge in [0.05, 0.1) is 6.10 Å². The molecule has 0 fully saturated rings. The molecule has 7 heteroatoms. The number of unbranched alkanes of at least 4 members (excludes halogenated alkanes) is 4. The Balaban J connectivity index is 4.26. The van der Waals surface area contributed by atoms with Gasteiger partial charge >= 0.3 is 9.53 Å². The minimum absolute atomic E-state index is 0.111. The molecule has 28 heavy (non-hydrogen) atoms. The van der Waals surface area contributed by atoms with Crippen molar-refractivity contribution in [2.45, 2.75) is 92.1 Å². The maximum absolute atomic E-state index is 12.0. The Morgan fingerprint density at radius 3 is 2.14 bits per heavy atom. The molecule has 0 N–H and O–H groups in total. The maximum Gasteiger partial charge on any atom is 0.484 e. The first kappa shape index (κ1) is 28.1. The van der Waals surface area contributed by atoms with Crippen LogP contribution in [0, 0.1) is 0 Å². The molecule has 0 saturated heterocycles. The van der Waals surface area contributed by atoms with E-state index in [1.54, 1.807) is 0 Å². The minimum atomic E-state index is -2.07. The summed E-state index contributed by atoms with van der Waals surface area (Å²) in [6, 6.07) is 0. The van der Waals surface area contributed by atoms with Gasteiger partial charge in [-0.1, -0.05) is 58.2 Å². The number of carbonyl (C=O) groups is 1. The quantitative estimate of drug-likeness (QED) is 0.200. The summed E-state index contributed by atoms with van der Waals surface area (Å²) in [5, 5.41) is 0.341. The highest BCUT2D eigenvalue weighted by Gasteiger charge is 2.22. The lowest BCUT2D eigenvalue weighted by Gasteiger charge is -2.28. The van der Waals surface area contributed by atoms with E-state index < -0.39 is 9.53 Å². The zero-order valence-corrected chi connectivity index (χ0v) is 21.0. The first-order valence-electron chi connectivity index (χ1n) is 11.4. The fourth-order valence-electron chi connectivity index (χ4n) is 2.97. The van der Waals surface area contributed by atoms with E-state index in [1.807, 2.05) is 13.8 Å². The van der Waals surface area contributed by atoms with Gasteiger partial charge in [0.1, 0.15) is 0 Å². The Labute approximate surface area is 180 Å². The van der Waals surface area contributed by atoms with Crippen LogP contribution in [0.5, 0.6) is 0 Å². The number of thioether (sulfide) groups is 1. The smallest absolute Gasteiger partial charge is 0.376 e. The average molecular weight is 436 g/mol. The summed E-state index contributed by atoms with van der Waals surface area (Å²) in [7, 11) is -2.07. The van der Waals surface area contributed by atoms with E-state index in [2.05, 4.69) is 25.7 Å². The van der Waals surface area contributed by atoms with Crippen molar-refractivity contribution in [3.05, 3.63) is 0 Å². The van der Waals surface area contributed by atoms with Gasteiger partial charge in [-0.25, -0.2) is 0 Å². The predicted molar refractivity (Wildman–Crippen MR) is 123 cm³/mol. The SMILES string of the molecule is CCCCCCCC(=O)SCCCC(CN(CC)CC)O[SiH](OCC)OCC. The summed E-state index contributed by atoms with van der Waals surface area (Å²) in [4.78, 5) is 14.4. The monoisotopic (exact) mass is 435 g/mol. The third kappa shape index (κ3) is 15.9. The van der Waals surface area contributed by atoms with Crippen LogP contribution >= 0.6 is 11.8 Å². The second-order valence-electron chi connectivity index (χ2n) is 6.97. The summed E-state index contributed by atoms with van der Waals surface area (Å²) in [5.74, 6) is 0.876. The molecule has 0 aromatic heterocycles. The lowest BCUT2D eigenvalue weighted by Crippen LogP contribution is -2.39. The number of hydrogen-bond donors (Lipinski definition) is 0. The minimum Gasteiger partial charge on any atom is -0.376 e. The molecule has 0 aromatic carbocycles. The first-order chi connectivity index (χ1) is 13.6. The van der Waals surface area contributed by atoms with E-state index >= 15 is 0 Å². The van der Waals surface area contributed by atoms with E-state index in [0.29, 0.717) is 18.3 Å². The summed E-state index contributed by atoms with van der Waals surface area (Å²) >= 11 is 1.49. The number of hydrogen-bond acceptors (Lipinski definition) is 6. The van der Waals surface area contributed by atoms with Crippen molar-refractivity contribution < 1.29 is 18.1 Å². The van der Waals surface area contributed by atoms with E-state index in [0.717, 1.165) is 51.1 Å². The highest BCUT2D eigenvalue weighted by atomic mass is 32.2. The Hall–Kier alpha value is 0.0769. The van der Waals surface area contributed by atoms with Crippen LogP contribution in [0.4, 0.5) is 0 Å². The first-order valence-corrected chi connectivity index (χ1v) is 13.8. The Bertz CT molecular complexity index is 353. The Morgan fingerprint density at radius 1 is 0.929 bits per heavy atom. The highest BCUT2D eigenvalue weighted by molar-refractivity contribution is 8.13. The lowest BCUT2D eigenvalue weighted by atomic mass is 10.1. The molecule has 168 valence electrons. The normalized spacial score (nSPS) is 12.8. The number of nitrogens with zero attached hydrogens (tertiary/aromatic N) is 1. The third-order valence-corrected chi connectivity index (χ3v) is 7.52. The molecule has 0 saturated carbocycles. The van der Waals surface area contributed by atoms with Crippen LogP contribution in [0.25, 0.3) is 0 Å². The van der Waals surface area contributed by atoms with E-state index in [-0.39, 0.29) is 6.10 Å². The highest BCUT2D eigenvalue weighted by Crippen LogP contribution is 2.16. The molecule has 0 rings (SSSR count).